The molecule has 1 aliphatic rings. The van der Waals surface area contributed by atoms with Crippen molar-refractivity contribution >= 4 is 5.91 Å². The third-order valence-corrected chi connectivity index (χ3v) is 3.31. The zero-order valence-electron chi connectivity index (χ0n) is 10.9. The van der Waals surface area contributed by atoms with Gasteiger partial charge in [-0.15, -0.1) is 0 Å². The first-order chi connectivity index (χ1) is 9.11. The Kier molecular flexibility index (Phi) is 4.13. The Balaban J connectivity index is 2.05. The molecule has 0 atom stereocenters. The van der Waals surface area contributed by atoms with Gasteiger partial charge in [0, 0.05) is 26.2 Å². The Bertz CT molecular complexity index is 516. The van der Waals surface area contributed by atoms with Crippen LogP contribution in [0, 0.1) is 24.1 Å². The van der Waals surface area contributed by atoms with E-state index in [0.29, 0.717) is 32.7 Å². The summed E-state index contributed by atoms with van der Waals surface area (Å²) in [7, 11) is 0. The summed E-state index contributed by atoms with van der Waals surface area (Å²) in [6, 6.07) is 6.65. The maximum Gasteiger partial charge on any atom is 0.256 e. The highest BCUT2D eigenvalue weighted by Crippen LogP contribution is 2.14. The number of carbonyl (C=O) groups excluding carboxylic acids is 1. The second-order valence-electron chi connectivity index (χ2n) is 4.71. The van der Waals surface area contributed by atoms with E-state index in [2.05, 4.69) is 6.07 Å². The Morgan fingerprint density at radius 2 is 2.05 bits per heavy atom. The molecule has 100 valence electrons. The number of nitriles is 1. The van der Waals surface area contributed by atoms with Crippen molar-refractivity contribution in [2.24, 2.45) is 0 Å². The highest BCUT2D eigenvalue weighted by molar-refractivity contribution is 5.94. The molecule has 0 aromatic heterocycles. The van der Waals surface area contributed by atoms with Crippen LogP contribution in [0.4, 0.5) is 4.39 Å². The molecule has 0 N–H and O–H groups in total. The molecule has 1 aromatic rings. The summed E-state index contributed by atoms with van der Waals surface area (Å²) in [6.07, 6.45) is 0. The van der Waals surface area contributed by atoms with Crippen LogP contribution in [0.5, 0.6) is 0 Å². The molecular weight excluding hydrogens is 245 g/mol. The summed E-state index contributed by atoms with van der Waals surface area (Å²) < 4.78 is 13.7. The van der Waals surface area contributed by atoms with E-state index in [1.807, 2.05) is 11.8 Å². The number of rotatable bonds is 2. The summed E-state index contributed by atoms with van der Waals surface area (Å²) in [5.74, 6) is -0.743. The second kappa shape index (κ2) is 5.81. The molecule has 0 radical (unpaired) electrons. The fraction of sp³-hybridized carbons (Fsp3) is 0.429. The molecule has 5 heteroatoms. The first-order valence-corrected chi connectivity index (χ1v) is 6.26. The summed E-state index contributed by atoms with van der Waals surface area (Å²) >= 11 is 0. The average Bonchev–Trinajstić information content (AvgIpc) is 2.42. The van der Waals surface area contributed by atoms with E-state index in [1.165, 1.54) is 6.07 Å². The van der Waals surface area contributed by atoms with Gasteiger partial charge in [-0.3, -0.25) is 9.69 Å². The van der Waals surface area contributed by atoms with Crippen molar-refractivity contribution in [1.82, 2.24) is 9.80 Å². The average molecular weight is 261 g/mol. The number of hydrogen-bond donors (Lipinski definition) is 0. The smallest absolute Gasteiger partial charge is 0.256 e. The summed E-state index contributed by atoms with van der Waals surface area (Å²) in [5, 5.41) is 8.62. The molecule has 1 saturated heterocycles. The van der Waals surface area contributed by atoms with Crippen LogP contribution < -0.4 is 0 Å². The van der Waals surface area contributed by atoms with Crippen molar-refractivity contribution < 1.29 is 9.18 Å². The zero-order chi connectivity index (χ0) is 13.8. The van der Waals surface area contributed by atoms with Crippen LogP contribution in [0.15, 0.2) is 18.2 Å². The van der Waals surface area contributed by atoms with Crippen molar-refractivity contribution in [3.05, 3.63) is 35.1 Å². The Hall–Kier alpha value is -1.93. The van der Waals surface area contributed by atoms with Crippen LogP contribution in [0.2, 0.25) is 0 Å². The lowest BCUT2D eigenvalue weighted by Crippen LogP contribution is -2.48. The predicted octanol–water partition coefficient (Wildman–Crippen LogP) is 1.42. The monoisotopic (exact) mass is 261 g/mol. The van der Waals surface area contributed by atoms with Crippen LogP contribution in [0.25, 0.3) is 0 Å². The molecule has 4 nitrogen and oxygen atoms in total. The number of aryl methyl sites for hydroxylation is 1. The van der Waals surface area contributed by atoms with Crippen LogP contribution in [-0.2, 0) is 0 Å². The molecule has 1 aromatic carbocycles. The van der Waals surface area contributed by atoms with Gasteiger partial charge in [0.2, 0.25) is 0 Å². The van der Waals surface area contributed by atoms with E-state index >= 15 is 0 Å². The normalized spacial score (nSPS) is 16.2. The molecule has 1 aliphatic heterocycles. The molecule has 1 amide bonds. The maximum absolute atomic E-state index is 13.7. The number of amides is 1. The first kappa shape index (κ1) is 13.5. The lowest BCUT2D eigenvalue weighted by atomic mass is 10.1. The van der Waals surface area contributed by atoms with Crippen molar-refractivity contribution in [3.8, 4) is 6.07 Å². The van der Waals surface area contributed by atoms with Crippen molar-refractivity contribution in [2.45, 2.75) is 6.92 Å². The first-order valence-electron chi connectivity index (χ1n) is 6.26. The number of hydrogen-bond acceptors (Lipinski definition) is 3. The Labute approximate surface area is 112 Å². The van der Waals surface area contributed by atoms with Gasteiger partial charge in [0.25, 0.3) is 5.91 Å². The SMILES string of the molecule is Cc1ccc(F)c(C(=O)N2CCN(CC#N)CC2)c1. The molecule has 1 fully saturated rings. The highest BCUT2D eigenvalue weighted by atomic mass is 19.1. The fourth-order valence-electron chi connectivity index (χ4n) is 2.18. The lowest BCUT2D eigenvalue weighted by Gasteiger charge is -2.33. The van der Waals surface area contributed by atoms with E-state index in [0.717, 1.165) is 5.56 Å². The van der Waals surface area contributed by atoms with Crippen molar-refractivity contribution in [1.29, 1.82) is 5.26 Å². The molecule has 0 aliphatic carbocycles. The number of carbonyl (C=O) groups is 1. The van der Waals surface area contributed by atoms with Gasteiger partial charge in [-0.1, -0.05) is 11.6 Å². The van der Waals surface area contributed by atoms with Gasteiger partial charge in [0.15, 0.2) is 0 Å². The third kappa shape index (κ3) is 3.09. The topological polar surface area (TPSA) is 47.3 Å². The minimum Gasteiger partial charge on any atom is -0.336 e. The molecule has 0 unspecified atom stereocenters. The molecule has 0 spiro atoms. The van der Waals surface area contributed by atoms with E-state index in [1.54, 1.807) is 17.0 Å². The number of halogens is 1. The quantitative estimate of drug-likeness (QED) is 0.756. The summed E-state index contributed by atoms with van der Waals surface area (Å²) in [5.41, 5.74) is 1.00. The van der Waals surface area contributed by atoms with Gasteiger partial charge in [-0.25, -0.2) is 4.39 Å². The second-order valence-corrected chi connectivity index (χ2v) is 4.71. The zero-order valence-corrected chi connectivity index (χ0v) is 10.9. The van der Waals surface area contributed by atoms with Crippen LogP contribution in [-0.4, -0.2) is 48.4 Å². The highest BCUT2D eigenvalue weighted by Gasteiger charge is 2.23. The molecule has 0 bridgehead atoms. The van der Waals surface area contributed by atoms with Gasteiger partial charge < -0.3 is 4.90 Å². The minimum atomic E-state index is -0.477. The van der Waals surface area contributed by atoms with Gasteiger partial charge in [0.05, 0.1) is 18.2 Å². The molecular formula is C14H16FN3O. The summed E-state index contributed by atoms with van der Waals surface area (Å²) in [4.78, 5) is 15.9. The lowest BCUT2D eigenvalue weighted by molar-refractivity contribution is 0.0647. The van der Waals surface area contributed by atoms with Crippen LogP contribution >= 0.6 is 0 Å². The molecule has 0 saturated carbocycles. The fourth-order valence-corrected chi connectivity index (χ4v) is 2.18. The van der Waals surface area contributed by atoms with Crippen molar-refractivity contribution in [3.63, 3.8) is 0 Å². The maximum atomic E-state index is 13.7. The number of nitrogens with zero attached hydrogens (tertiary/aromatic N) is 3. The van der Waals surface area contributed by atoms with E-state index in [-0.39, 0.29) is 11.5 Å². The van der Waals surface area contributed by atoms with Gasteiger partial charge >= 0.3 is 0 Å². The van der Waals surface area contributed by atoms with E-state index in [9.17, 15) is 9.18 Å². The van der Waals surface area contributed by atoms with Gasteiger partial charge in [-0.2, -0.15) is 5.26 Å². The van der Waals surface area contributed by atoms with Crippen molar-refractivity contribution in [2.75, 3.05) is 32.7 Å². The predicted molar refractivity (Wildman–Crippen MR) is 69.1 cm³/mol. The standard InChI is InChI=1S/C14H16FN3O/c1-11-2-3-13(15)12(10-11)14(19)18-8-6-17(5-4-16)7-9-18/h2-3,10H,5-9H2,1H3. The minimum absolute atomic E-state index is 0.133. The Morgan fingerprint density at radius 1 is 1.37 bits per heavy atom. The van der Waals surface area contributed by atoms with Gasteiger partial charge in [0.1, 0.15) is 5.82 Å². The molecule has 2 rings (SSSR count). The van der Waals surface area contributed by atoms with Crippen LogP contribution in [0.1, 0.15) is 15.9 Å². The number of piperazine rings is 1. The molecule has 19 heavy (non-hydrogen) atoms. The Morgan fingerprint density at radius 3 is 2.68 bits per heavy atom. The van der Waals surface area contributed by atoms with Crippen LogP contribution in [0.3, 0.4) is 0 Å². The summed E-state index contributed by atoms with van der Waals surface area (Å²) in [6.45, 7) is 4.60. The van der Waals surface area contributed by atoms with E-state index < -0.39 is 5.82 Å². The third-order valence-electron chi connectivity index (χ3n) is 3.31. The largest absolute Gasteiger partial charge is 0.336 e. The van der Waals surface area contributed by atoms with E-state index in [4.69, 9.17) is 5.26 Å². The van der Waals surface area contributed by atoms with Gasteiger partial charge in [-0.05, 0) is 19.1 Å². The number of benzene rings is 1. The molecule has 1 heterocycles.